The predicted molar refractivity (Wildman–Crippen MR) is 89.6 cm³/mol. The van der Waals surface area contributed by atoms with Crippen molar-refractivity contribution < 1.29 is 14.2 Å². The summed E-state index contributed by atoms with van der Waals surface area (Å²) in [4.78, 5) is 0. The number of hydrogen-bond acceptors (Lipinski definition) is 3. The summed E-state index contributed by atoms with van der Waals surface area (Å²) >= 11 is 0. The third-order valence-electron chi connectivity index (χ3n) is 4.26. The summed E-state index contributed by atoms with van der Waals surface area (Å²) < 4.78 is 16.5. The molecule has 22 heavy (non-hydrogen) atoms. The summed E-state index contributed by atoms with van der Waals surface area (Å²) in [6.45, 7) is 6.24. The molecule has 0 amide bonds. The van der Waals surface area contributed by atoms with E-state index >= 15 is 0 Å². The van der Waals surface area contributed by atoms with Crippen molar-refractivity contribution in [3.63, 3.8) is 0 Å². The first kappa shape index (κ1) is 16.2. The van der Waals surface area contributed by atoms with Crippen LogP contribution >= 0.6 is 0 Å². The van der Waals surface area contributed by atoms with Crippen LogP contribution in [0.3, 0.4) is 0 Å². The second-order valence-corrected chi connectivity index (χ2v) is 5.44. The van der Waals surface area contributed by atoms with Crippen LogP contribution in [0.5, 0.6) is 17.2 Å². The van der Waals surface area contributed by atoms with Crippen molar-refractivity contribution in [2.45, 2.75) is 27.2 Å². The van der Waals surface area contributed by atoms with E-state index in [1.807, 2.05) is 12.1 Å². The number of rotatable bonds is 5. The number of methoxy groups -OCH3 is 3. The minimum atomic E-state index is 0.802. The van der Waals surface area contributed by atoms with Crippen molar-refractivity contribution >= 4 is 0 Å². The summed E-state index contributed by atoms with van der Waals surface area (Å²) in [7, 11) is 5.13. The Morgan fingerprint density at radius 3 is 1.73 bits per heavy atom. The Kier molecular flexibility index (Phi) is 4.96. The van der Waals surface area contributed by atoms with E-state index < -0.39 is 0 Å². The smallest absolute Gasteiger partial charge is 0.126 e. The molecule has 118 valence electrons. The van der Waals surface area contributed by atoms with Gasteiger partial charge in [0.2, 0.25) is 0 Å². The van der Waals surface area contributed by atoms with Crippen LogP contribution in [0.4, 0.5) is 0 Å². The van der Waals surface area contributed by atoms with Gasteiger partial charge in [-0.15, -0.1) is 0 Å². The molecule has 2 aromatic carbocycles. The standard InChI is InChI=1S/C19H24O3/c1-12-13(2)19(22-6)17(14(3)18(12)21-5)11-15-7-9-16(20-4)10-8-15/h7-10H,11H2,1-6H3. The van der Waals surface area contributed by atoms with Crippen molar-refractivity contribution in [1.29, 1.82) is 0 Å². The molecule has 0 spiro atoms. The van der Waals surface area contributed by atoms with Crippen molar-refractivity contribution in [3.05, 3.63) is 52.1 Å². The van der Waals surface area contributed by atoms with E-state index in [-0.39, 0.29) is 0 Å². The highest BCUT2D eigenvalue weighted by Crippen LogP contribution is 2.38. The summed E-state index contributed by atoms with van der Waals surface area (Å²) in [6, 6.07) is 8.13. The van der Waals surface area contributed by atoms with Crippen LogP contribution in [0, 0.1) is 20.8 Å². The molecule has 0 saturated heterocycles. The zero-order chi connectivity index (χ0) is 16.3. The van der Waals surface area contributed by atoms with Crippen LogP contribution in [0.15, 0.2) is 24.3 Å². The highest BCUT2D eigenvalue weighted by Gasteiger charge is 2.18. The molecule has 0 saturated carbocycles. The number of benzene rings is 2. The molecule has 0 aliphatic rings. The minimum Gasteiger partial charge on any atom is -0.497 e. The Morgan fingerprint density at radius 2 is 1.23 bits per heavy atom. The Labute approximate surface area is 132 Å². The van der Waals surface area contributed by atoms with Gasteiger partial charge in [0.1, 0.15) is 17.2 Å². The normalized spacial score (nSPS) is 10.5. The second kappa shape index (κ2) is 6.73. The molecule has 0 fully saturated rings. The van der Waals surface area contributed by atoms with Gasteiger partial charge in [0.15, 0.2) is 0 Å². The molecular weight excluding hydrogens is 276 g/mol. The summed E-state index contributed by atoms with van der Waals surface area (Å²) in [5.74, 6) is 2.76. The maximum Gasteiger partial charge on any atom is 0.126 e. The van der Waals surface area contributed by atoms with E-state index in [9.17, 15) is 0 Å². The largest absolute Gasteiger partial charge is 0.497 e. The molecule has 0 radical (unpaired) electrons. The minimum absolute atomic E-state index is 0.802. The van der Waals surface area contributed by atoms with Gasteiger partial charge >= 0.3 is 0 Å². The van der Waals surface area contributed by atoms with Gasteiger partial charge in [0, 0.05) is 12.0 Å². The molecule has 0 unspecified atom stereocenters. The lowest BCUT2D eigenvalue weighted by Gasteiger charge is -2.20. The van der Waals surface area contributed by atoms with Crippen molar-refractivity contribution in [1.82, 2.24) is 0 Å². The highest BCUT2D eigenvalue weighted by atomic mass is 16.5. The second-order valence-electron chi connectivity index (χ2n) is 5.44. The van der Waals surface area contributed by atoms with Crippen LogP contribution in [-0.4, -0.2) is 21.3 Å². The fraction of sp³-hybridized carbons (Fsp3) is 0.368. The molecule has 0 N–H and O–H groups in total. The molecule has 0 aliphatic heterocycles. The molecule has 2 aromatic rings. The van der Waals surface area contributed by atoms with Gasteiger partial charge in [0.05, 0.1) is 21.3 Å². The van der Waals surface area contributed by atoms with Crippen molar-refractivity contribution in [2.24, 2.45) is 0 Å². The van der Waals surface area contributed by atoms with Gasteiger partial charge in [-0.1, -0.05) is 12.1 Å². The van der Waals surface area contributed by atoms with Crippen LogP contribution in [0.1, 0.15) is 27.8 Å². The van der Waals surface area contributed by atoms with E-state index in [4.69, 9.17) is 14.2 Å². The Bertz CT molecular complexity index is 658. The molecular formula is C19H24O3. The fourth-order valence-corrected chi connectivity index (χ4v) is 2.90. The lowest BCUT2D eigenvalue weighted by Crippen LogP contribution is -2.04. The summed E-state index contributed by atoms with van der Waals surface area (Å²) in [5, 5.41) is 0. The summed E-state index contributed by atoms with van der Waals surface area (Å²) in [5.41, 5.74) is 5.79. The van der Waals surface area contributed by atoms with Crippen LogP contribution in [0.2, 0.25) is 0 Å². The molecule has 0 aromatic heterocycles. The predicted octanol–water partition coefficient (Wildman–Crippen LogP) is 4.23. The topological polar surface area (TPSA) is 27.7 Å². The average Bonchev–Trinajstić information content (AvgIpc) is 2.54. The van der Waals surface area contributed by atoms with E-state index in [0.29, 0.717) is 0 Å². The molecule has 2 rings (SSSR count). The third kappa shape index (κ3) is 2.89. The van der Waals surface area contributed by atoms with Gasteiger partial charge in [-0.05, 0) is 55.2 Å². The molecule has 3 nitrogen and oxygen atoms in total. The average molecular weight is 300 g/mol. The van der Waals surface area contributed by atoms with Crippen LogP contribution in [-0.2, 0) is 6.42 Å². The van der Waals surface area contributed by atoms with E-state index in [1.165, 1.54) is 11.1 Å². The Hall–Kier alpha value is -2.16. The Morgan fingerprint density at radius 1 is 0.682 bits per heavy atom. The van der Waals surface area contributed by atoms with E-state index in [1.54, 1.807) is 21.3 Å². The fourth-order valence-electron chi connectivity index (χ4n) is 2.90. The SMILES string of the molecule is COc1ccc(Cc2c(C)c(OC)c(C)c(C)c2OC)cc1. The van der Waals surface area contributed by atoms with Crippen molar-refractivity contribution in [3.8, 4) is 17.2 Å². The molecule has 3 heteroatoms. The molecule has 0 heterocycles. The first-order valence-corrected chi connectivity index (χ1v) is 7.37. The molecule has 0 aliphatic carbocycles. The van der Waals surface area contributed by atoms with Gasteiger partial charge < -0.3 is 14.2 Å². The van der Waals surface area contributed by atoms with Gasteiger partial charge in [-0.3, -0.25) is 0 Å². The van der Waals surface area contributed by atoms with Crippen LogP contribution < -0.4 is 14.2 Å². The quantitative estimate of drug-likeness (QED) is 0.827. The lowest BCUT2D eigenvalue weighted by molar-refractivity contribution is 0.391. The van der Waals surface area contributed by atoms with Gasteiger partial charge in [-0.2, -0.15) is 0 Å². The highest BCUT2D eigenvalue weighted by molar-refractivity contribution is 5.59. The lowest BCUT2D eigenvalue weighted by atomic mass is 9.93. The first-order chi connectivity index (χ1) is 10.5. The van der Waals surface area contributed by atoms with Crippen molar-refractivity contribution in [2.75, 3.05) is 21.3 Å². The number of hydrogen-bond donors (Lipinski definition) is 0. The van der Waals surface area contributed by atoms with Gasteiger partial charge in [-0.25, -0.2) is 0 Å². The van der Waals surface area contributed by atoms with E-state index in [2.05, 4.69) is 32.9 Å². The maximum atomic E-state index is 5.67. The number of ether oxygens (including phenoxy) is 3. The molecule has 0 bridgehead atoms. The zero-order valence-electron chi connectivity index (χ0n) is 14.2. The zero-order valence-corrected chi connectivity index (χ0v) is 14.2. The van der Waals surface area contributed by atoms with Crippen LogP contribution in [0.25, 0.3) is 0 Å². The van der Waals surface area contributed by atoms with E-state index in [0.717, 1.165) is 40.4 Å². The third-order valence-corrected chi connectivity index (χ3v) is 4.26. The maximum absolute atomic E-state index is 5.67. The monoisotopic (exact) mass is 300 g/mol. The summed E-state index contributed by atoms with van der Waals surface area (Å²) in [6.07, 6.45) is 0.802. The molecule has 0 atom stereocenters. The first-order valence-electron chi connectivity index (χ1n) is 7.37. The Balaban J connectivity index is 2.50. The van der Waals surface area contributed by atoms with Gasteiger partial charge in [0.25, 0.3) is 0 Å².